The third kappa shape index (κ3) is 4.57. The molecule has 0 saturated heterocycles. The van der Waals surface area contributed by atoms with Gasteiger partial charge in [0, 0.05) is 5.56 Å². The van der Waals surface area contributed by atoms with Crippen molar-refractivity contribution in [3.05, 3.63) is 54.6 Å². The predicted molar refractivity (Wildman–Crippen MR) is 88.4 cm³/mol. The molecule has 2 N–H and O–H groups in total. The van der Waals surface area contributed by atoms with Crippen molar-refractivity contribution in [2.75, 3.05) is 20.3 Å². The molecule has 0 unspecified atom stereocenters. The number of carbonyl (C=O) groups is 2. The van der Waals surface area contributed by atoms with Crippen molar-refractivity contribution in [2.45, 2.75) is 6.04 Å². The van der Waals surface area contributed by atoms with Crippen molar-refractivity contribution in [2.24, 2.45) is 0 Å². The van der Waals surface area contributed by atoms with Crippen molar-refractivity contribution < 1.29 is 24.2 Å². The molecular weight excluding hydrogens is 310 g/mol. The molecule has 6 heteroatoms. The first kappa shape index (κ1) is 17.5. The van der Waals surface area contributed by atoms with Gasteiger partial charge in [-0.05, 0) is 11.6 Å². The summed E-state index contributed by atoms with van der Waals surface area (Å²) >= 11 is 0. The van der Waals surface area contributed by atoms with E-state index in [1.54, 1.807) is 6.07 Å². The van der Waals surface area contributed by atoms with Crippen LogP contribution in [0, 0.1) is 0 Å². The molecule has 0 bridgehead atoms. The lowest BCUT2D eigenvalue weighted by Crippen LogP contribution is -2.45. The summed E-state index contributed by atoms with van der Waals surface area (Å²) in [6.45, 7) is -0.823. The molecule has 0 saturated carbocycles. The SMILES string of the molecule is COC(=O)[C@H](CO)NC(=O)COc1ccccc1-c1ccccc1. The molecule has 1 atom stereocenters. The van der Waals surface area contributed by atoms with E-state index in [0.717, 1.165) is 11.1 Å². The van der Waals surface area contributed by atoms with E-state index in [9.17, 15) is 9.59 Å². The second kappa shape index (κ2) is 8.69. The first-order chi connectivity index (χ1) is 11.7. The average molecular weight is 329 g/mol. The van der Waals surface area contributed by atoms with E-state index in [2.05, 4.69) is 10.1 Å². The van der Waals surface area contributed by atoms with E-state index in [1.165, 1.54) is 7.11 Å². The Morgan fingerprint density at radius 1 is 1.08 bits per heavy atom. The molecule has 0 fully saturated rings. The van der Waals surface area contributed by atoms with Gasteiger partial charge in [-0.3, -0.25) is 4.79 Å². The van der Waals surface area contributed by atoms with Crippen LogP contribution in [0.1, 0.15) is 0 Å². The number of hydrogen-bond donors (Lipinski definition) is 2. The maximum absolute atomic E-state index is 11.9. The number of nitrogens with one attached hydrogen (secondary N) is 1. The van der Waals surface area contributed by atoms with E-state index in [-0.39, 0.29) is 6.61 Å². The van der Waals surface area contributed by atoms with Crippen molar-refractivity contribution in [3.8, 4) is 16.9 Å². The molecule has 0 aliphatic rings. The smallest absolute Gasteiger partial charge is 0.330 e. The van der Waals surface area contributed by atoms with Gasteiger partial charge in [0.1, 0.15) is 5.75 Å². The Morgan fingerprint density at radius 2 is 1.75 bits per heavy atom. The number of para-hydroxylation sites is 1. The second-order valence-corrected chi connectivity index (χ2v) is 4.98. The highest BCUT2D eigenvalue weighted by atomic mass is 16.5. The number of amides is 1. The number of esters is 1. The van der Waals surface area contributed by atoms with Gasteiger partial charge in [0.15, 0.2) is 12.6 Å². The molecule has 6 nitrogen and oxygen atoms in total. The van der Waals surface area contributed by atoms with E-state index in [0.29, 0.717) is 5.75 Å². The fraction of sp³-hybridized carbons (Fsp3) is 0.222. The van der Waals surface area contributed by atoms with Crippen LogP contribution in [0.25, 0.3) is 11.1 Å². The lowest BCUT2D eigenvalue weighted by molar-refractivity contribution is -0.146. The number of ether oxygens (including phenoxy) is 2. The zero-order valence-electron chi connectivity index (χ0n) is 13.3. The zero-order chi connectivity index (χ0) is 17.4. The lowest BCUT2D eigenvalue weighted by atomic mass is 10.1. The number of benzene rings is 2. The topological polar surface area (TPSA) is 84.9 Å². The number of rotatable bonds is 7. The van der Waals surface area contributed by atoms with Gasteiger partial charge in [0.2, 0.25) is 0 Å². The zero-order valence-corrected chi connectivity index (χ0v) is 13.3. The van der Waals surface area contributed by atoms with Crippen LogP contribution in [-0.2, 0) is 14.3 Å². The first-order valence-corrected chi connectivity index (χ1v) is 7.41. The maximum atomic E-state index is 11.9. The normalized spacial score (nSPS) is 11.4. The summed E-state index contributed by atoms with van der Waals surface area (Å²) in [5.41, 5.74) is 1.83. The molecule has 0 spiro atoms. The highest BCUT2D eigenvalue weighted by Crippen LogP contribution is 2.29. The molecule has 2 aromatic carbocycles. The summed E-state index contributed by atoms with van der Waals surface area (Å²) < 4.78 is 10.1. The Bertz CT molecular complexity index is 687. The summed E-state index contributed by atoms with van der Waals surface area (Å²) in [5.74, 6) is -0.685. The van der Waals surface area contributed by atoms with Gasteiger partial charge in [0.25, 0.3) is 5.91 Å². The van der Waals surface area contributed by atoms with E-state index in [4.69, 9.17) is 9.84 Å². The van der Waals surface area contributed by atoms with Gasteiger partial charge in [-0.15, -0.1) is 0 Å². The van der Waals surface area contributed by atoms with E-state index in [1.807, 2.05) is 48.5 Å². The minimum atomic E-state index is -1.10. The van der Waals surface area contributed by atoms with Crippen LogP contribution >= 0.6 is 0 Å². The number of hydrogen-bond acceptors (Lipinski definition) is 5. The number of aliphatic hydroxyl groups is 1. The Labute approximate surface area is 140 Å². The quantitative estimate of drug-likeness (QED) is 0.750. The molecular formula is C18H19NO5. The van der Waals surface area contributed by atoms with E-state index >= 15 is 0 Å². The number of carbonyl (C=O) groups excluding carboxylic acids is 2. The summed E-state index contributed by atoms with van der Waals surface area (Å²) in [7, 11) is 1.18. The van der Waals surface area contributed by atoms with Gasteiger partial charge in [-0.2, -0.15) is 0 Å². The molecule has 0 radical (unpaired) electrons. The van der Waals surface area contributed by atoms with Crippen LogP contribution in [0.2, 0.25) is 0 Å². The third-order valence-corrected chi connectivity index (χ3v) is 3.33. The highest BCUT2D eigenvalue weighted by molar-refractivity contribution is 5.85. The van der Waals surface area contributed by atoms with Crippen LogP contribution in [0.4, 0.5) is 0 Å². The predicted octanol–water partition coefficient (Wildman–Crippen LogP) is 1.38. The lowest BCUT2D eigenvalue weighted by Gasteiger charge is -2.15. The standard InChI is InChI=1S/C18H19NO5/c1-23-18(22)15(11-20)19-17(21)12-24-16-10-6-5-9-14(16)13-7-3-2-4-8-13/h2-10,15,20H,11-12H2,1H3,(H,19,21)/t15-/m0/s1. The Morgan fingerprint density at radius 3 is 2.42 bits per heavy atom. The molecule has 0 aliphatic carbocycles. The Balaban J connectivity index is 2.02. The third-order valence-electron chi connectivity index (χ3n) is 3.33. The van der Waals surface area contributed by atoms with Crippen molar-refractivity contribution in [3.63, 3.8) is 0 Å². The summed E-state index contributed by atoms with van der Waals surface area (Å²) in [5, 5.41) is 11.5. The number of aliphatic hydroxyl groups excluding tert-OH is 1. The molecule has 126 valence electrons. The van der Waals surface area contributed by atoms with Crippen LogP contribution < -0.4 is 10.1 Å². The molecule has 2 rings (SSSR count). The van der Waals surface area contributed by atoms with Crippen molar-refractivity contribution in [1.29, 1.82) is 0 Å². The average Bonchev–Trinajstić information content (AvgIpc) is 2.64. The minimum absolute atomic E-state index is 0.280. The van der Waals surface area contributed by atoms with Crippen LogP contribution in [0.3, 0.4) is 0 Å². The summed E-state index contributed by atoms with van der Waals surface area (Å²) in [4.78, 5) is 23.3. The summed E-state index contributed by atoms with van der Waals surface area (Å²) in [6.07, 6.45) is 0. The van der Waals surface area contributed by atoms with Crippen LogP contribution in [0.5, 0.6) is 5.75 Å². The van der Waals surface area contributed by atoms with Gasteiger partial charge in [0.05, 0.1) is 13.7 Å². The Kier molecular flexibility index (Phi) is 6.33. The van der Waals surface area contributed by atoms with Crippen molar-refractivity contribution >= 4 is 11.9 Å². The molecule has 1 amide bonds. The van der Waals surface area contributed by atoms with E-state index < -0.39 is 24.5 Å². The molecule has 0 aliphatic heterocycles. The molecule has 2 aromatic rings. The van der Waals surface area contributed by atoms with Crippen molar-refractivity contribution in [1.82, 2.24) is 5.32 Å². The molecule has 24 heavy (non-hydrogen) atoms. The van der Waals surface area contributed by atoms with Gasteiger partial charge < -0.3 is 19.9 Å². The first-order valence-electron chi connectivity index (χ1n) is 7.41. The Hall–Kier alpha value is -2.86. The largest absolute Gasteiger partial charge is 0.483 e. The fourth-order valence-electron chi connectivity index (χ4n) is 2.15. The molecule has 0 aromatic heterocycles. The fourth-order valence-corrected chi connectivity index (χ4v) is 2.15. The molecule has 0 heterocycles. The van der Waals surface area contributed by atoms with Crippen LogP contribution in [-0.4, -0.2) is 43.3 Å². The summed E-state index contributed by atoms with van der Waals surface area (Å²) in [6, 6.07) is 15.9. The van der Waals surface area contributed by atoms with Gasteiger partial charge in [-0.25, -0.2) is 4.79 Å². The maximum Gasteiger partial charge on any atom is 0.330 e. The highest BCUT2D eigenvalue weighted by Gasteiger charge is 2.20. The monoisotopic (exact) mass is 329 g/mol. The number of methoxy groups -OCH3 is 1. The minimum Gasteiger partial charge on any atom is -0.483 e. The van der Waals surface area contributed by atoms with Crippen LogP contribution in [0.15, 0.2) is 54.6 Å². The van der Waals surface area contributed by atoms with Gasteiger partial charge >= 0.3 is 5.97 Å². The van der Waals surface area contributed by atoms with Gasteiger partial charge in [-0.1, -0.05) is 48.5 Å². The second-order valence-electron chi connectivity index (χ2n) is 4.98.